The number of rotatable bonds is 6. The second-order valence-electron chi connectivity index (χ2n) is 4.25. The largest absolute Gasteiger partial charge is 0.468 e. The fourth-order valence-corrected chi connectivity index (χ4v) is 2.68. The maximum atomic E-state index is 11.8. The van der Waals surface area contributed by atoms with Gasteiger partial charge in [-0.1, -0.05) is 29.3 Å². The summed E-state index contributed by atoms with van der Waals surface area (Å²) in [6.07, 6.45) is 0. The Kier molecular flexibility index (Phi) is 7.31. The van der Waals surface area contributed by atoms with E-state index in [-0.39, 0.29) is 17.4 Å². The predicted molar refractivity (Wildman–Crippen MR) is 87.1 cm³/mol. The van der Waals surface area contributed by atoms with E-state index in [2.05, 4.69) is 10.1 Å². The Morgan fingerprint density at radius 3 is 2.71 bits per heavy atom. The molecular weight excluding hydrogens is 335 g/mol. The number of thioether (sulfide) groups is 1. The monoisotopic (exact) mass is 350 g/mol. The molecule has 1 rings (SSSR count). The number of esters is 1. The number of benzene rings is 1. The first-order chi connectivity index (χ1) is 9.86. The van der Waals surface area contributed by atoms with E-state index >= 15 is 0 Å². The molecule has 8 heteroatoms. The van der Waals surface area contributed by atoms with Gasteiger partial charge in [-0.05, 0) is 18.6 Å². The van der Waals surface area contributed by atoms with Crippen LogP contribution >= 0.6 is 35.0 Å². The third-order valence-electron chi connectivity index (χ3n) is 2.58. The molecule has 3 N–H and O–H groups in total. The van der Waals surface area contributed by atoms with Crippen molar-refractivity contribution in [1.29, 1.82) is 0 Å². The van der Waals surface area contributed by atoms with Crippen LogP contribution in [-0.2, 0) is 14.3 Å². The zero-order chi connectivity index (χ0) is 16.0. The molecule has 0 fully saturated rings. The standard InChI is InChI=1S/C13H16Cl2N2O3S/c1-7-3-4-8(14)12(11(7)15)17-10(18)6-21-5-9(16)13(19)20-2/h3-4,9H,5-6,16H2,1-2H3,(H,17,18). The van der Waals surface area contributed by atoms with E-state index in [1.807, 2.05) is 6.92 Å². The van der Waals surface area contributed by atoms with E-state index in [1.165, 1.54) is 18.9 Å². The first kappa shape index (κ1) is 18.1. The summed E-state index contributed by atoms with van der Waals surface area (Å²) in [5.41, 5.74) is 6.77. The molecule has 0 aliphatic rings. The van der Waals surface area contributed by atoms with Crippen LogP contribution in [0.15, 0.2) is 12.1 Å². The van der Waals surface area contributed by atoms with Gasteiger partial charge in [0.1, 0.15) is 6.04 Å². The zero-order valence-corrected chi connectivity index (χ0v) is 13.9. The number of halogens is 2. The highest BCUT2D eigenvalue weighted by atomic mass is 35.5. The lowest BCUT2D eigenvalue weighted by molar-refractivity contribution is -0.141. The van der Waals surface area contributed by atoms with Crippen molar-refractivity contribution < 1.29 is 14.3 Å². The number of methoxy groups -OCH3 is 1. The molecule has 1 amide bonds. The fraction of sp³-hybridized carbons (Fsp3) is 0.385. The lowest BCUT2D eigenvalue weighted by Gasteiger charge is -2.12. The van der Waals surface area contributed by atoms with Crippen LogP contribution in [0.1, 0.15) is 5.56 Å². The van der Waals surface area contributed by atoms with Gasteiger partial charge in [0.05, 0.1) is 28.6 Å². The molecule has 1 unspecified atom stereocenters. The van der Waals surface area contributed by atoms with Gasteiger partial charge in [-0.25, -0.2) is 0 Å². The number of nitrogens with one attached hydrogen (secondary N) is 1. The molecule has 1 aromatic carbocycles. The van der Waals surface area contributed by atoms with Gasteiger partial charge in [0.15, 0.2) is 0 Å². The van der Waals surface area contributed by atoms with Crippen molar-refractivity contribution in [2.45, 2.75) is 13.0 Å². The van der Waals surface area contributed by atoms with Gasteiger partial charge in [0, 0.05) is 5.75 Å². The average Bonchev–Trinajstić information content (AvgIpc) is 2.46. The van der Waals surface area contributed by atoms with E-state index in [0.717, 1.165) is 5.56 Å². The second-order valence-corrected chi connectivity index (χ2v) is 6.06. The lowest BCUT2D eigenvalue weighted by Crippen LogP contribution is -2.34. The molecule has 0 spiro atoms. The molecule has 0 bridgehead atoms. The first-order valence-electron chi connectivity index (χ1n) is 6.02. The van der Waals surface area contributed by atoms with Crippen LogP contribution in [0.2, 0.25) is 10.0 Å². The minimum absolute atomic E-state index is 0.130. The smallest absolute Gasteiger partial charge is 0.323 e. The number of anilines is 1. The van der Waals surface area contributed by atoms with Crippen molar-refractivity contribution in [2.75, 3.05) is 23.9 Å². The topological polar surface area (TPSA) is 81.4 Å². The molecule has 0 saturated heterocycles. The van der Waals surface area contributed by atoms with Crippen molar-refractivity contribution in [1.82, 2.24) is 0 Å². The average molecular weight is 351 g/mol. The SMILES string of the molecule is COC(=O)C(N)CSCC(=O)Nc1c(Cl)ccc(C)c1Cl. The van der Waals surface area contributed by atoms with Gasteiger partial charge < -0.3 is 15.8 Å². The van der Waals surface area contributed by atoms with E-state index < -0.39 is 12.0 Å². The molecular formula is C13H16Cl2N2O3S. The molecule has 0 saturated carbocycles. The van der Waals surface area contributed by atoms with Crippen LogP contribution in [-0.4, -0.2) is 36.5 Å². The predicted octanol–water partition coefficient (Wildman–Crippen LogP) is 2.47. The van der Waals surface area contributed by atoms with Crippen LogP contribution in [0.5, 0.6) is 0 Å². The normalized spacial score (nSPS) is 11.9. The van der Waals surface area contributed by atoms with Crippen LogP contribution < -0.4 is 11.1 Å². The Bertz CT molecular complexity index is 540. The molecule has 1 atom stereocenters. The highest BCUT2D eigenvalue weighted by Gasteiger charge is 2.15. The Labute approximate surface area is 137 Å². The minimum Gasteiger partial charge on any atom is -0.468 e. The third-order valence-corrected chi connectivity index (χ3v) is 4.45. The molecule has 0 heterocycles. The van der Waals surface area contributed by atoms with Crippen molar-refractivity contribution in [3.63, 3.8) is 0 Å². The number of hydrogen-bond donors (Lipinski definition) is 2. The van der Waals surface area contributed by atoms with Gasteiger partial charge in [0.2, 0.25) is 5.91 Å². The number of ether oxygens (including phenoxy) is 1. The fourth-order valence-electron chi connectivity index (χ4n) is 1.44. The van der Waals surface area contributed by atoms with E-state index in [1.54, 1.807) is 12.1 Å². The van der Waals surface area contributed by atoms with Crippen LogP contribution in [0, 0.1) is 6.92 Å². The van der Waals surface area contributed by atoms with Crippen LogP contribution in [0.25, 0.3) is 0 Å². The molecule has 0 aliphatic heterocycles. The molecule has 0 aliphatic carbocycles. The summed E-state index contributed by atoms with van der Waals surface area (Å²) in [4.78, 5) is 23.0. The van der Waals surface area contributed by atoms with Crippen molar-refractivity contribution in [3.05, 3.63) is 27.7 Å². The molecule has 0 radical (unpaired) electrons. The number of aryl methyl sites for hydroxylation is 1. The molecule has 116 valence electrons. The van der Waals surface area contributed by atoms with Crippen molar-refractivity contribution in [2.24, 2.45) is 5.73 Å². The van der Waals surface area contributed by atoms with Gasteiger partial charge in [-0.3, -0.25) is 9.59 Å². The van der Waals surface area contributed by atoms with Gasteiger partial charge in [-0.15, -0.1) is 11.8 Å². The first-order valence-corrected chi connectivity index (χ1v) is 7.93. The van der Waals surface area contributed by atoms with E-state index in [9.17, 15) is 9.59 Å². The summed E-state index contributed by atoms with van der Waals surface area (Å²) < 4.78 is 4.50. The Balaban J connectivity index is 2.52. The van der Waals surface area contributed by atoms with E-state index in [4.69, 9.17) is 28.9 Å². The number of nitrogens with two attached hydrogens (primary N) is 1. The van der Waals surface area contributed by atoms with Crippen molar-refractivity contribution >= 4 is 52.5 Å². The summed E-state index contributed by atoms with van der Waals surface area (Å²) in [7, 11) is 1.27. The maximum Gasteiger partial charge on any atom is 0.323 e. The second kappa shape index (κ2) is 8.48. The van der Waals surface area contributed by atoms with Gasteiger partial charge >= 0.3 is 5.97 Å². The molecule has 0 aromatic heterocycles. The maximum absolute atomic E-state index is 11.8. The number of hydrogen-bond acceptors (Lipinski definition) is 5. The van der Waals surface area contributed by atoms with Crippen LogP contribution in [0.3, 0.4) is 0 Å². The minimum atomic E-state index is -0.751. The van der Waals surface area contributed by atoms with Crippen molar-refractivity contribution in [3.8, 4) is 0 Å². The quantitative estimate of drug-likeness (QED) is 0.770. The summed E-state index contributed by atoms with van der Waals surface area (Å²) in [5, 5.41) is 3.44. The highest BCUT2D eigenvalue weighted by molar-refractivity contribution is 8.00. The van der Waals surface area contributed by atoms with E-state index in [0.29, 0.717) is 15.7 Å². The number of carbonyl (C=O) groups excluding carboxylic acids is 2. The van der Waals surface area contributed by atoms with Gasteiger partial charge in [0.25, 0.3) is 0 Å². The number of carbonyl (C=O) groups is 2. The Morgan fingerprint density at radius 1 is 1.43 bits per heavy atom. The summed E-state index contributed by atoms with van der Waals surface area (Å²) in [6, 6.07) is 2.68. The third kappa shape index (κ3) is 5.39. The summed E-state index contributed by atoms with van der Waals surface area (Å²) >= 11 is 13.3. The lowest BCUT2D eigenvalue weighted by atomic mass is 10.2. The molecule has 1 aromatic rings. The summed E-state index contributed by atoms with van der Waals surface area (Å²) in [5.74, 6) is -0.361. The van der Waals surface area contributed by atoms with Gasteiger partial charge in [-0.2, -0.15) is 0 Å². The number of amides is 1. The zero-order valence-electron chi connectivity index (χ0n) is 11.6. The molecule has 21 heavy (non-hydrogen) atoms. The van der Waals surface area contributed by atoms with Crippen LogP contribution in [0.4, 0.5) is 5.69 Å². The molecule has 5 nitrogen and oxygen atoms in total. The Hall–Kier alpha value is -0.950. The Morgan fingerprint density at radius 2 is 2.10 bits per heavy atom. The summed E-state index contributed by atoms with van der Waals surface area (Å²) in [6.45, 7) is 1.82. The highest BCUT2D eigenvalue weighted by Crippen LogP contribution is 2.32.